The fourth-order valence-corrected chi connectivity index (χ4v) is 2.89. The summed E-state index contributed by atoms with van der Waals surface area (Å²) in [6.07, 6.45) is 4.40. The first-order valence-corrected chi connectivity index (χ1v) is 8.69. The van der Waals surface area contributed by atoms with Crippen molar-refractivity contribution in [3.63, 3.8) is 0 Å². The summed E-state index contributed by atoms with van der Waals surface area (Å²) >= 11 is 0. The largest absolute Gasteiger partial charge is 0.394 e. The van der Waals surface area contributed by atoms with Gasteiger partial charge in [0.15, 0.2) is 0 Å². The van der Waals surface area contributed by atoms with E-state index < -0.39 is 11.8 Å². The van der Waals surface area contributed by atoms with Crippen molar-refractivity contribution in [3.8, 4) is 0 Å². The van der Waals surface area contributed by atoms with E-state index in [1.165, 1.54) is 0 Å². The smallest absolute Gasteiger partial charge is 0.257 e. The standard InChI is InChI=1S/C9H9NO3.3C3H8O.Ti/c11-8-6-4-1-2-5(3-4)7(6)9(12)10(8)13;3*1-3(2)4;/h1-2,4-7,13H,3H2;3*3-4H,1-2H3;. The summed E-state index contributed by atoms with van der Waals surface area (Å²) in [5, 5.41) is 33.6. The molecule has 26 heavy (non-hydrogen) atoms. The van der Waals surface area contributed by atoms with Crippen LogP contribution in [-0.4, -0.2) is 55.7 Å². The molecular weight excluding hydrogens is 374 g/mol. The van der Waals surface area contributed by atoms with E-state index in [-0.39, 0.29) is 63.7 Å². The van der Waals surface area contributed by atoms with Gasteiger partial charge in [-0.2, -0.15) is 5.06 Å². The second kappa shape index (κ2) is 12.8. The van der Waals surface area contributed by atoms with E-state index in [1.807, 2.05) is 12.2 Å². The summed E-state index contributed by atoms with van der Waals surface area (Å²) in [6, 6.07) is 0. The first-order valence-electron chi connectivity index (χ1n) is 8.69. The number of imide groups is 1. The van der Waals surface area contributed by atoms with E-state index in [2.05, 4.69) is 0 Å². The summed E-state index contributed by atoms with van der Waals surface area (Å²) in [5.41, 5.74) is 0. The number of nitrogens with zero attached hydrogens (tertiary/aromatic N) is 1. The minimum absolute atomic E-state index is 0. The van der Waals surface area contributed by atoms with Crippen LogP contribution in [-0.2, 0) is 31.3 Å². The van der Waals surface area contributed by atoms with Gasteiger partial charge in [-0.3, -0.25) is 14.8 Å². The molecule has 4 unspecified atom stereocenters. The van der Waals surface area contributed by atoms with Crippen molar-refractivity contribution in [2.24, 2.45) is 23.7 Å². The number of hydrogen-bond donors (Lipinski definition) is 4. The van der Waals surface area contributed by atoms with E-state index in [4.69, 9.17) is 20.5 Å². The van der Waals surface area contributed by atoms with Crippen LogP contribution in [0.1, 0.15) is 48.0 Å². The average molecular weight is 407 g/mol. The van der Waals surface area contributed by atoms with Gasteiger partial charge in [0, 0.05) is 40.0 Å². The van der Waals surface area contributed by atoms with Gasteiger partial charge >= 0.3 is 0 Å². The molecule has 0 spiro atoms. The summed E-state index contributed by atoms with van der Waals surface area (Å²) in [7, 11) is 0. The SMILES string of the molecule is CC(C)O.CC(C)O.CC(C)O.O=C1C2C3C=CC(C3)C2C(=O)N1O.[Ti]. The molecule has 2 aliphatic carbocycles. The van der Waals surface area contributed by atoms with Crippen LogP contribution in [0.25, 0.3) is 0 Å². The molecular formula is C18H33NO6Ti. The molecule has 1 saturated carbocycles. The molecule has 0 aromatic heterocycles. The molecule has 2 bridgehead atoms. The van der Waals surface area contributed by atoms with Crippen molar-refractivity contribution in [2.45, 2.75) is 66.3 Å². The molecule has 4 N–H and O–H groups in total. The number of fused-ring (bicyclic) bond motifs is 5. The predicted molar refractivity (Wildman–Crippen MR) is 93.4 cm³/mol. The number of amides is 2. The third-order valence-electron chi connectivity index (χ3n) is 3.45. The summed E-state index contributed by atoms with van der Waals surface area (Å²) in [6.45, 7) is 10.3. The van der Waals surface area contributed by atoms with E-state index in [0.29, 0.717) is 5.06 Å². The second-order valence-corrected chi connectivity index (χ2v) is 7.27. The Labute approximate surface area is 170 Å². The van der Waals surface area contributed by atoms with Gasteiger partial charge in [0.1, 0.15) is 0 Å². The third kappa shape index (κ3) is 8.88. The Kier molecular flexibility index (Phi) is 13.6. The van der Waals surface area contributed by atoms with Crippen LogP contribution >= 0.6 is 0 Å². The number of hydroxylamine groups is 2. The number of carbonyl (C=O) groups is 2. The molecule has 0 radical (unpaired) electrons. The number of hydrogen-bond acceptors (Lipinski definition) is 6. The molecule has 3 rings (SSSR count). The van der Waals surface area contributed by atoms with Crippen molar-refractivity contribution in [1.82, 2.24) is 5.06 Å². The number of aliphatic hydroxyl groups is 3. The molecule has 2 amide bonds. The van der Waals surface area contributed by atoms with Crippen LogP contribution in [0.4, 0.5) is 0 Å². The third-order valence-corrected chi connectivity index (χ3v) is 3.45. The van der Waals surface area contributed by atoms with Crippen LogP contribution in [0.5, 0.6) is 0 Å². The normalized spacial score (nSPS) is 27.3. The van der Waals surface area contributed by atoms with E-state index >= 15 is 0 Å². The summed E-state index contributed by atoms with van der Waals surface area (Å²) in [4.78, 5) is 22.8. The number of aliphatic hydroxyl groups excluding tert-OH is 3. The molecule has 1 saturated heterocycles. The maximum atomic E-state index is 11.4. The Morgan fingerprint density at radius 1 is 0.808 bits per heavy atom. The van der Waals surface area contributed by atoms with Gasteiger partial charge in [0.2, 0.25) is 0 Å². The molecule has 0 aromatic carbocycles. The Hall–Kier alpha value is -0.566. The Balaban J connectivity index is 0. The van der Waals surface area contributed by atoms with Crippen molar-refractivity contribution in [3.05, 3.63) is 12.2 Å². The molecule has 4 atom stereocenters. The summed E-state index contributed by atoms with van der Waals surface area (Å²) in [5.74, 6) is -0.995. The molecule has 150 valence electrons. The molecule has 8 heteroatoms. The van der Waals surface area contributed by atoms with Gasteiger partial charge in [-0.15, -0.1) is 0 Å². The zero-order valence-corrected chi connectivity index (χ0v) is 18.0. The average Bonchev–Trinajstić information content (AvgIpc) is 3.08. The van der Waals surface area contributed by atoms with Crippen molar-refractivity contribution < 1.29 is 51.8 Å². The molecule has 3 aliphatic rings. The van der Waals surface area contributed by atoms with Crippen molar-refractivity contribution >= 4 is 11.8 Å². The Morgan fingerprint density at radius 2 is 1.04 bits per heavy atom. The number of carbonyl (C=O) groups excluding carboxylic acids is 2. The predicted octanol–water partition coefficient (Wildman–Crippen LogP) is 1.34. The molecule has 1 aliphatic heterocycles. The topological polar surface area (TPSA) is 118 Å². The van der Waals surface area contributed by atoms with E-state index in [9.17, 15) is 9.59 Å². The number of rotatable bonds is 0. The minimum atomic E-state index is -0.410. The molecule has 0 aromatic rings. The summed E-state index contributed by atoms with van der Waals surface area (Å²) < 4.78 is 0. The first kappa shape index (κ1) is 27.7. The van der Waals surface area contributed by atoms with Crippen LogP contribution in [0, 0.1) is 23.7 Å². The maximum absolute atomic E-state index is 11.4. The fraction of sp³-hybridized carbons (Fsp3) is 0.778. The van der Waals surface area contributed by atoms with Gasteiger partial charge in [-0.25, -0.2) is 0 Å². The van der Waals surface area contributed by atoms with Gasteiger partial charge < -0.3 is 15.3 Å². The van der Waals surface area contributed by atoms with E-state index in [1.54, 1.807) is 41.5 Å². The van der Waals surface area contributed by atoms with Crippen LogP contribution in [0.2, 0.25) is 0 Å². The van der Waals surface area contributed by atoms with E-state index in [0.717, 1.165) is 6.42 Å². The van der Waals surface area contributed by atoms with Crippen LogP contribution < -0.4 is 0 Å². The maximum Gasteiger partial charge on any atom is 0.257 e. The molecule has 7 nitrogen and oxygen atoms in total. The van der Waals surface area contributed by atoms with Crippen LogP contribution in [0.15, 0.2) is 12.2 Å². The first-order chi connectivity index (χ1) is 11.4. The van der Waals surface area contributed by atoms with Crippen LogP contribution in [0.3, 0.4) is 0 Å². The van der Waals surface area contributed by atoms with Gasteiger partial charge in [0.05, 0.1) is 11.8 Å². The van der Waals surface area contributed by atoms with Crippen molar-refractivity contribution in [1.29, 1.82) is 0 Å². The van der Waals surface area contributed by atoms with Gasteiger partial charge in [-0.1, -0.05) is 12.2 Å². The quantitative estimate of drug-likeness (QED) is 0.208. The Bertz CT molecular complexity index is 414. The second-order valence-electron chi connectivity index (χ2n) is 7.27. The zero-order chi connectivity index (χ0) is 19.9. The molecule has 2 fully saturated rings. The number of allylic oxidation sites excluding steroid dienone is 2. The van der Waals surface area contributed by atoms with Gasteiger partial charge in [0.25, 0.3) is 11.8 Å². The minimum Gasteiger partial charge on any atom is -0.394 e. The fourth-order valence-electron chi connectivity index (χ4n) is 2.89. The zero-order valence-electron chi connectivity index (χ0n) is 16.5. The van der Waals surface area contributed by atoms with Gasteiger partial charge in [-0.05, 0) is 59.8 Å². The van der Waals surface area contributed by atoms with Crippen molar-refractivity contribution in [2.75, 3.05) is 0 Å². The Morgan fingerprint density at radius 3 is 1.27 bits per heavy atom. The molecule has 1 heterocycles. The monoisotopic (exact) mass is 407 g/mol.